The molecule has 0 radical (unpaired) electrons. The Hall–Kier alpha value is -1.09. The van der Waals surface area contributed by atoms with Crippen LogP contribution in [0.15, 0.2) is 18.5 Å². The topological polar surface area (TPSA) is 34.2 Å². The van der Waals surface area contributed by atoms with Gasteiger partial charge in [-0.05, 0) is 69.7 Å². The van der Waals surface area contributed by atoms with Crippen LogP contribution in [0.1, 0.15) is 51.5 Å². The van der Waals surface area contributed by atoms with E-state index in [-0.39, 0.29) is 6.10 Å². The molecule has 0 aliphatic heterocycles. The maximum atomic E-state index is 5.79. The van der Waals surface area contributed by atoms with Crippen molar-refractivity contribution in [3.8, 4) is 5.75 Å². The Labute approximate surface area is 123 Å². The average Bonchev–Trinajstić information content (AvgIpc) is 2.40. The predicted molar refractivity (Wildman–Crippen MR) is 83.2 cm³/mol. The van der Waals surface area contributed by atoms with Crippen LogP contribution in [0.2, 0.25) is 0 Å². The number of aromatic nitrogens is 1. The van der Waals surface area contributed by atoms with E-state index in [0.29, 0.717) is 11.8 Å². The molecule has 1 aromatic rings. The fraction of sp³-hybridized carbons (Fsp3) is 0.706. The van der Waals surface area contributed by atoms with Crippen molar-refractivity contribution in [1.82, 2.24) is 10.3 Å². The summed E-state index contributed by atoms with van der Waals surface area (Å²) in [5.41, 5.74) is 1.34. The fourth-order valence-corrected chi connectivity index (χ4v) is 3.33. The van der Waals surface area contributed by atoms with Gasteiger partial charge in [0.15, 0.2) is 0 Å². The van der Waals surface area contributed by atoms with Crippen LogP contribution in [0.5, 0.6) is 5.75 Å². The Balaban J connectivity index is 2.17. The van der Waals surface area contributed by atoms with E-state index in [4.69, 9.17) is 4.74 Å². The van der Waals surface area contributed by atoms with Gasteiger partial charge in [-0.1, -0.05) is 13.3 Å². The molecular weight excluding hydrogens is 248 g/mol. The second-order valence-corrected chi connectivity index (χ2v) is 6.46. The predicted octanol–water partition coefficient (Wildman–Crippen LogP) is 3.61. The van der Waals surface area contributed by atoms with Gasteiger partial charge in [0.1, 0.15) is 5.75 Å². The number of hydrogen-bond donors (Lipinski definition) is 1. The Morgan fingerprint density at radius 2 is 2.15 bits per heavy atom. The van der Waals surface area contributed by atoms with E-state index in [1.807, 2.05) is 19.4 Å². The van der Waals surface area contributed by atoms with Crippen molar-refractivity contribution in [3.63, 3.8) is 0 Å². The van der Waals surface area contributed by atoms with E-state index in [1.165, 1.54) is 24.8 Å². The summed E-state index contributed by atoms with van der Waals surface area (Å²) in [6.07, 6.45) is 7.96. The van der Waals surface area contributed by atoms with Gasteiger partial charge in [0.05, 0.1) is 12.3 Å². The van der Waals surface area contributed by atoms with Gasteiger partial charge in [-0.3, -0.25) is 4.98 Å². The second kappa shape index (κ2) is 7.07. The highest BCUT2D eigenvalue weighted by Gasteiger charge is 2.29. The van der Waals surface area contributed by atoms with E-state index < -0.39 is 0 Å². The summed E-state index contributed by atoms with van der Waals surface area (Å²) in [7, 11) is 2.05. The molecule has 0 spiro atoms. The zero-order valence-corrected chi connectivity index (χ0v) is 13.2. The van der Waals surface area contributed by atoms with Gasteiger partial charge < -0.3 is 10.1 Å². The van der Waals surface area contributed by atoms with Gasteiger partial charge in [0.2, 0.25) is 0 Å². The quantitative estimate of drug-likeness (QED) is 0.892. The molecule has 20 heavy (non-hydrogen) atoms. The van der Waals surface area contributed by atoms with Crippen LogP contribution >= 0.6 is 0 Å². The maximum Gasteiger partial charge on any atom is 0.138 e. The largest absolute Gasteiger partial charge is 0.489 e. The van der Waals surface area contributed by atoms with Crippen LogP contribution in [0.3, 0.4) is 0 Å². The first kappa shape index (κ1) is 15.3. The Morgan fingerprint density at radius 3 is 2.85 bits per heavy atom. The van der Waals surface area contributed by atoms with Crippen molar-refractivity contribution in [3.05, 3.63) is 24.0 Å². The van der Waals surface area contributed by atoms with E-state index in [0.717, 1.165) is 18.2 Å². The Morgan fingerprint density at radius 1 is 1.35 bits per heavy atom. The van der Waals surface area contributed by atoms with Gasteiger partial charge in [-0.25, -0.2) is 0 Å². The Bertz CT molecular complexity index is 419. The van der Waals surface area contributed by atoms with Gasteiger partial charge in [0, 0.05) is 6.20 Å². The first-order chi connectivity index (χ1) is 9.60. The average molecular weight is 276 g/mol. The third-order valence-electron chi connectivity index (χ3n) is 4.26. The molecule has 1 heterocycles. The molecule has 2 rings (SSSR count). The number of hydrogen-bond acceptors (Lipinski definition) is 3. The minimum atomic E-state index is 0.199. The number of ether oxygens (including phenoxy) is 1. The third kappa shape index (κ3) is 3.95. The summed E-state index contributed by atoms with van der Waals surface area (Å²) in [6, 6.07) is 2.19. The smallest absolute Gasteiger partial charge is 0.138 e. The summed E-state index contributed by atoms with van der Waals surface area (Å²) >= 11 is 0. The standard InChI is InChI=1S/C17H28N2O/c1-12(2)20-16-8-15(10-19-11-16)17-7-13(3)5-6-14(17)9-18-4/h8,10-14,17-18H,5-7,9H2,1-4H3. The molecule has 112 valence electrons. The van der Waals surface area contributed by atoms with Gasteiger partial charge in [-0.2, -0.15) is 0 Å². The summed E-state index contributed by atoms with van der Waals surface area (Å²) in [5, 5.41) is 3.35. The molecule has 1 aliphatic rings. The maximum absolute atomic E-state index is 5.79. The lowest BCUT2D eigenvalue weighted by Gasteiger charge is -2.35. The summed E-state index contributed by atoms with van der Waals surface area (Å²) in [4.78, 5) is 4.39. The number of rotatable bonds is 5. The number of nitrogens with zero attached hydrogens (tertiary/aromatic N) is 1. The highest BCUT2D eigenvalue weighted by Crippen LogP contribution is 2.40. The van der Waals surface area contributed by atoms with Gasteiger partial charge in [-0.15, -0.1) is 0 Å². The molecule has 3 unspecified atom stereocenters. The summed E-state index contributed by atoms with van der Waals surface area (Å²) in [6.45, 7) is 7.56. The van der Waals surface area contributed by atoms with Crippen LogP contribution < -0.4 is 10.1 Å². The minimum Gasteiger partial charge on any atom is -0.489 e. The lowest BCUT2D eigenvalue weighted by molar-refractivity contribution is 0.234. The molecule has 0 bridgehead atoms. The fourth-order valence-electron chi connectivity index (χ4n) is 3.33. The van der Waals surface area contributed by atoms with Crippen LogP contribution in [-0.4, -0.2) is 24.7 Å². The first-order valence-corrected chi connectivity index (χ1v) is 7.86. The lowest BCUT2D eigenvalue weighted by atomic mass is 9.72. The molecule has 3 heteroatoms. The molecule has 0 aromatic carbocycles. The second-order valence-electron chi connectivity index (χ2n) is 6.46. The van der Waals surface area contributed by atoms with Crippen LogP contribution in [0, 0.1) is 11.8 Å². The van der Waals surface area contributed by atoms with Gasteiger partial charge >= 0.3 is 0 Å². The third-order valence-corrected chi connectivity index (χ3v) is 4.26. The van der Waals surface area contributed by atoms with Crippen molar-refractivity contribution < 1.29 is 4.74 Å². The zero-order valence-electron chi connectivity index (χ0n) is 13.2. The molecule has 0 amide bonds. The molecule has 1 aromatic heterocycles. The summed E-state index contributed by atoms with van der Waals surface area (Å²) in [5.74, 6) is 3.03. The van der Waals surface area contributed by atoms with Crippen molar-refractivity contribution >= 4 is 0 Å². The van der Waals surface area contributed by atoms with E-state index in [2.05, 4.69) is 37.1 Å². The Kier molecular flexibility index (Phi) is 5.41. The van der Waals surface area contributed by atoms with Crippen molar-refractivity contribution in [2.24, 2.45) is 11.8 Å². The zero-order chi connectivity index (χ0) is 14.5. The van der Waals surface area contributed by atoms with E-state index in [1.54, 1.807) is 0 Å². The number of pyridine rings is 1. The monoisotopic (exact) mass is 276 g/mol. The minimum absolute atomic E-state index is 0.199. The molecule has 1 N–H and O–H groups in total. The highest BCUT2D eigenvalue weighted by atomic mass is 16.5. The molecule has 1 fully saturated rings. The number of nitrogens with one attached hydrogen (secondary N) is 1. The van der Waals surface area contributed by atoms with Crippen molar-refractivity contribution in [1.29, 1.82) is 0 Å². The summed E-state index contributed by atoms with van der Waals surface area (Å²) < 4.78 is 5.79. The van der Waals surface area contributed by atoms with Crippen LogP contribution in [0.25, 0.3) is 0 Å². The first-order valence-electron chi connectivity index (χ1n) is 7.86. The van der Waals surface area contributed by atoms with E-state index >= 15 is 0 Å². The van der Waals surface area contributed by atoms with Gasteiger partial charge in [0.25, 0.3) is 0 Å². The highest BCUT2D eigenvalue weighted by molar-refractivity contribution is 5.27. The molecule has 3 atom stereocenters. The molecule has 1 aliphatic carbocycles. The van der Waals surface area contributed by atoms with Crippen LogP contribution in [-0.2, 0) is 0 Å². The molecular formula is C17H28N2O. The normalized spacial score (nSPS) is 26.8. The SMILES string of the molecule is CNCC1CCC(C)CC1c1cncc(OC(C)C)c1. The van der Waals surface area contributed by atoms with Crippen molar-refractivity contribution in [2.75, 3.05) is 13.6 Å². The van der Waals surface area contributed by atoms with E-state index in [9.17, 15) is 0 Å². The van der Waals surface area contributed by atoms with Crippen LogP contribution in [0.4, 0.5) is 0 Å². The van der Waals surface area contributed by atoms with Crippen molar-refractivity contribution in [2.45, 2.75) is 52.1 Å². The molecule has 1 saturated carbocycles. The molecule has 0 saturated heterocycles. The lowest BCUT2D eigenvalue weighted by Crippen LogP contribution is -2.30. The molecule has 3 nitrogen and oxygen atoms in total.